The zero-order chi connectivity index (χ0) is 24.9. The molecule has 34 heavy (non-hydrogen) atoms. The van der Waals surface area contributed by atoms with Crippen LogP contribution >= 0.6 is 7.60 Å². The van der Waals surface area contributed by atoms with Gasteiger partial charge in [0.25, 0.3) is 0 Å². The fourth-order valence-corrected chi connectivity index (χ4v) is 7.40. The lowest BCUT2D eigenvalue weighted by Gasteiger charge is -2.40. The number of nitrogens with zero attached hydrogens (tertiary/aromatic N) is 2. The highest BCUT2D eigenvalue weighted by atomic mass is 31.2. The Hall–Kier alpha value is -1.69. The van der Waals surface area contributed by atoms with Gasteiger partial charge in [0.1, 0.15) is 11.8 Å². The van der Waals surface area contributed by atoms with Crippen LogP contribution in [0.25, 0.3) is 0 Å². The number of rotatable bonds is 8. The predicted octanol–water partition coefficient (Wildman–Crippen LogP) is 7.04. The molecule has 0 spiro atoms. The topological polar surface area (TPSA) is 77.4 Å². The van der Waals surface area contributed by atoms with Crippen LogP contribution in [0, 0.1) is 17.8 Å². The first-order chi connectivity index (χ1) is 16.2. The maximum Gasteiger partial charge on any atom is 0.431 e. The summed E-state index contributed by atoms with van der Waals surface area (Å²) in [5.74, 6) is 1.31. The number of benzene rings is 1. The molecule has 0 N–H and O–H groups in total. The van der Waals surface area contributed by atoms with Gasteiger partial charge in [-0.05, 0) is 63.4 Å². The molecule has 0 aromatic heterocycles. The second-order valence-electron chi connectivity index (χ2n) is 9.89. The molecule has 1 aliphatic heterocycles. The molecule has 3 rings (SSSR count). The zero-order valence-corrected chi connectivity index (χ0v) is 22.4. The van der Waals surface area contributed by atoms with Crippen LogP contribution in [0.5, 0.6) is 0 Å². The van der Waals surface area contributed by atoms with Crippen LogP contribution in [0.1, 0.15) is 78.8 Å². The fourth-order valence-electron chi connectivity index (χ4n) is 5.28. The van der Waals surface area contributed by atoms with E-state index in [-0.39, 0.29) is 19.3 Å². The van der Waals surface area contributed by atoms with E-state index in [0.29, 0.717) is 29.9 Å². The summed E-state index contributed by atoms with van der Waals surface area (Å²) in [7, 11) is -3.44. The molecule has 1 heterocycles. The first kappa shape index (κ1) is 26.9. The summed E-state index contributed by atoms with van der Waals surface area (Å²) in [6.07, 6.45) is 2.91. The Bertz CT molecular complexity index is 880. The van der Waals surface area contributed by atoms with Crippen molar-refractivity contribution in [3.8, 4) is 0 Å². The highest BCUT2D eigenvalue weighted by Crippen LogP contribution is 2.57. The van der Waals surface area contributed by atoms with Gasteiger partial charge in [-0.15, -0.1) is 0 Å². The average molecular weight is 493 g/mol. The van der Waals surface area contributed by atoms with E-state index in [1.54, 1.807) is 20.8 Å². The Labute approximate surface area is 204 Å². The van der Waals surface area contributed by atoms with E-state index in [2.05, 4.69) is 25.9 Å². The maximum atomic E-state index is 13.6. The molecule has 0 saturated heterocycles. The summed E-state index contributed by atoms with van der Waals surface area (Å²) in [5.41, 5.74) is 0.948. The molecule has 5 atom stereocenters. The first-order valence-electron chi connectivity index (χ1n) is 12.7. The van der Waals surface area contributed by atoms with Crippen molar-refractivity contribution in [2.24, 2.45) is 22.9 Å². The van der Waals surface area contributed by atoms with Crippen LogP contribution in [-0.4, -0.2) is 41.8 Å². The maximum absolute atomic E-state index is 13.6. The molecule has 0 unspecified atom stereocenters. The van der Waals surface area contributed by atoms with Crippen molar-refractivity contribution in [3.05, 3.63) is 35.9 Å². The molecule has 0 bridgehead atoms. The molecule has 1 amide bonds. The molecular weight excluding hydrogens is 451 g/mol. The fraction of sp³-hybridized carbons (Fsp3) is 0.692. The van der Waals surface area contributed by atoms with Crippen molar-refractivity contribution in [1.29, 1.82) is 0 Å². The van der Waals surface area contributed by atoms with E-state index in [4.69, 9.17) is 13.8 Å². The van der Waals surface area contributed by atoms with Gasteiger partial charge >= 0.3 is 13.7 Å². The lowest BCUT2D eigenvalue weighted by molar-refractivity contribution is -0.0170. The van der Waals surface area contributed by atoms with Crippen LogP contribution in [0.4, 0.5) is 4.79 Å². The monoisotopic (exact) mass is 492 g/mol. The first-order valence-corrected chi connectivity index (χ1v) is 14.3. The summed E-state index contributed by atoms with van der Waals surface area (Å²) in [4.78, 5) is 13.5. The molecule has 1 fully saturated rings. The normalized spacial score (nSPS) is 28.0. The van der Waals surface area contributed by atoms with Gasteiger partial charge in [-0.3, -0.25) is 4.57 Å². The van der Waals surface area contributed by atoms with Crippen LogP contribution < -0.4 is 0 Å². The molecule has 0 radical (unpaired) electrons. The number of amides is 1. The van der Waals surface area contributed by atoms with Gasteiger partial charge in [-0.25, -0.2) is 4.79 Å². The Morgan fingerprint density at radius 1 is 1.12 bits per heavy atom. The highest BCUT2D eigenvalue weighted by Gasteiger charge is 2.46. The number of hydrogen-bond donors (Lipinski definition) is 0. The third kappa shape index (κ3) is 6.10. The molecule has 1 saturated carbocycles. The number of ether oxygens (including phenoxy) is 1. The van der Waals surface area contributed by atoms with Gasteiger partial charge in [0.2, 0.25) is 0 Å². The van der Waals surface area contributed by atoms with Crippen molar-refractivity contribution < 1.29 is 23.1 Å². The number of carbonyl (C=O) groups is 1. The van der Waals surface area contributed by atoms with Gasteiger partial charge in [-0.1, -0.05) is 57.5 Å². The number of hydrogen-bond acceptors (Lipinski definition) is 6. The van der Waals surface area contributed by atoms with Gasteiger partial charge in [0.15, 0.2) is 0 Å². The molecule has 2 aliphatic rings. The number of carbonyl (C=O) groups excluding carboxylic acids is 1. The second-order valence-corrected chi connectivity index (χ2v) is 12.1. The van der Waals surface area contributed by atoms with Crippen LogP contribution in [0.2, 0.25) is 0 Å². The van der Waals surface area contributed by atoms with Crippen molar-refractivity contribution >= 4 is 19.4 Å². The third-order valence-electron chi connectivity index (χ3n) is 7.07. The van der Waals surface area contributed by atoms with E-state index >= 15 is 0 Å². The van der Waals surface area contributed by atoms with E-state index in [1.807, 2.05) is 30.3 Å². The van der Waals surface area contributed by atoms with Crippen LogP contribution in [0.15, 0.2) is 35.4 Å². The summed E-state index contributed by atoms with van der Waals surface area (Å²) in [5, 5.41) is 6.09. The lowest BCUT2D eigenvalue weighted by atomic mass is 9.75. The van der Waals surface area contributed by atoms with E-state index in [0.717, 1.165) is 24.8 Å². The van der Waals surface area contributed by atoms with Gasteiger partial charge in [0.05, 0.1) is 25.0 Å². The van der Waals surface area contributed by atoms with Crippen molar-refractivity contribution in [2.45, 2.75) is 85.0 Å². The highest BCUT2D eigenvalue weighted by molar-refractivity contribution is 7.55. The molecule has 1 aromatic rings. The van der Waals surface area contributed by atoms with Crippen LogP contribution in [0.3, 0.4) is 0 Å². The minimum atomic E-state index is -3.44. The van der Waals surface area contributed by atoms with Crippen molar-refractivity contribution in [3.63, 3.8) is 0 Å². The quantitative estimate of drug-likeness (QED) is 0.364. The van der Waals surface area contributed by atoms with E-state index in [1.165, 1.54) is 5.01 Å². The SMILES string of the molecule is CCOP(=O)(OCC)[C@H]1C[C@@H](c2ccccc2)N(C(=O)O[C@@H]2C[C@H](C)CC[C@H]2C(C)C)N=C1C. The van der Waals surface area contributed by atoms with Crippen LogP contribution in [-0.2, 0) is 18.3 Å². The summed E-state index contributed by atoms with van der Waals surface area (Å²) in [6.45, 7) is 12.6. The Morgan fingerprint density at radius 3 is 2.35 bits per heavy atom. The molecule has 1 aliphatic carbocycles. The van der Waals surface area contributed by atoms with Gasteiger partial charge in [-0.2, -0.15) is 10.1 Å². The zero-order valence-electron chi connectivity index (χ0n) is 21.5. The minimum absolute atomic E-state index is 0.126. The third-order valence-corrected chi connectivity index (χ3v) is 9.66. The number of hydrazone groups is 1. The molecule has 7 nitrogen and oxygen atoms in total. The Balaban J connectivity index is 1.93. The lowest BCUT2D eigenvalue weighted by Crippen LogP contribution is -2.44. The smallest absolute Gasteiger partial charge is 0.431 e. The predicted molar refractivity (Wildman–Crippen MR) is 135 cm³/mol. The molecule has 8 heteroatoms. The standard InChI is InChI=1S/C26H41N2O5P/c1-7-31-34(30,32-8-2)25-17-23(21-12-10-9-11-13-21)28(27-20(25)6)26(29)33-24-16-19(5)14-15-22(24)18(3)4/h9-13,18-19,22-25H,7-8,14-17H2,1-6H3/t19-,22+,23+,24-,25+/m1/s1. The average Bonchev–Trinajstić information content (AvgIpc) is 2.79. The van der Waals surface area contributed by atoms with Gasteiger partial charge < -0.3 is 13.8 Å². The Kier molecular flexibility index (Phi) is 9.36. The van der Waals surface area contributed by atoms with Crippen molar-refractivity contribution in [2.75, 3.05) is 13.2 Å². The summed E-state index contributed by atoms with van der Waals surface area (Å²) >= 11 is 0. The summed E-state index contributed by atoms with van der Waals surface area (Å²) < 4.78 is 31.1. The molecule has 190 valence electrons. The van der Waals surface area contributed by atoms with Crippen molar-refractivity contribution in [1.82, 2.24) is 5.01 Å². The minimum Gasteiger partial charge on any atom is -0.445 e. The van der Waals surface area contributed by atoms with E-state index < -0.39 is 25.4 Å². The molecular formula is C26H41N2O5P. The van der Waals surface area contributed by atoms with Gasteiger partial charge in [0, 0.05) is 0 Å². The largest absolute Gasteiger partial charge is 0.445 e. The molecule has 1 aromatic carbocycles. The second kappa shape index (κ2) is 11.8. The van der Waals surface area contributed by atoms with E-state index in [9.17, 15) is 9.36 Å². The summed E-state index contributed by atoms with van der Waals surface area (Å²) in [6, 6.07) is 9.30. The Morgan fingerprint density at radius 2 is 1.76 bits per heavy atom.